The van der Waals surface area contributed by atoms with Crippen LogP contribution in [0.4, 0.5) is 0 Å². The van der Waals surface area contributed by atoms with Gasteiger partial charge >= 0.3 is 0 Å². The lowest BCUT2D eigenvalue weighted by atomic mass is 10.0. The van der Waals surface area contributed by atoms with E-state index in [0.717, 1.165) is 23.7 Å². The van der Waals surface area contributed by atoms with Gasteiger partial charge in [-0.1, -0.05) is 0 Å². The highest BCUT2D eigenvalue weighted by atomic mass is 32.1. The first-order valence-corrected chi connectivity index (χ1v) is 7.35. The first-order chi connectivity index (χ1) is 8.79. The molecule has 0 saturated heterocycles. The van der Waals surface area contributed by atoms with Gasteiger partial charge in [0.15, 0.2) is 0 Å². The van der Waals surface area contributed by atoms with Crippen LogP contribution >= 0.6 is 11.3 Å². The molecule has 2 aromatic heterocycles. The van der Waals surface area contributed by atoms with Crippen molar-refractivity contribution in [2.45, 2.75) is 45.2 Å². The Morgan fingerprint density at radius 2 is 2.28 bits per heavy atom. The van der Waals surface area contributed by atoms with E-state index in [9.17, 15) is 0 Å². The largest absolute Gasteiger partial charge is 0.333 e. The Hall–Kier alpha value is -1.20. The van der Waals surface area contributed by atoms with Crippen LogP contribution in [-0.2, 0) is 19.4 Å². The number of nitrogens with zero attached hydrogens (tertiary/aromatic N) is 3. The molecule has 5 heteroatoms. The fraction of sp³-hybridized carbons (Fsp3) is 0.538. The lowest BCUT2D eigenvalue weighted by Crippen LogP contribution is -2.16. The number of hydrogen-bond acceptors (Lipinski definition) is 4. The minimum atomic E-state index is -0.136. The third kappa shape index (κ3) is 1.97. The molecule has 0 amide bonds. The lowest BCUT2D eigenvalue weighted by Gasteiger charge is -2.10. The third-order valence-electron chi connectivity index (χ3n) is 3.53. The molecule has 0 aliphatic heterocycles. The fourth-order valence-corrected chi connectivity index (χ4v) is 3.65. The van der Waals surface area contributed by atoms with Gasteiger partial charge in [-0.3, -0.25) is 0 Å². The average Bonchev–Trinajstić information content (AvgIpc) is 3.03. The number of aromatic nitrogens is 3. The van der Waals surface area contributed by atoms with E-state index in [1.165, 1.54) is 29.8 Å². The molecular formula is C13H18N4S. The Morgan fingerprint density at radius 3 is 3.06 bits per heavy atom. The number of fused-ring (bicyclic) bond motifs is 1. The van der Waals surface area contributed by atoms with E-state index in [2.05, 4.69) is 16.5 Å². The predicted molar refractivity (Wildman–Crippen MR) is 72.7 cm³/mol. The maximum Gasteiger partial charge on any atom is 0.116 e. The van der Waals surface area contributed by atoms with Crippen LogP contribution in [0.5, 0.6) is 0 Å². The van der Waals surface area contributed by atoms with Gasteiger partial charge in [-0.05, 0) is 32.6 Å². The summed E-state index contributed by atoms with van der Waals surface area (Å²) in [5.74, 6) is 0. The zero-order valence-corrected chi connectivity index (χ0v) is 11.4. The van der Waals surface area contributed by atoms with Gasteiger partial charge in [0.25, 0.3) is 0 Å². The second-order valence-corrected chi connectivity index (χ2v) is 5.83. The highest BCUT2D eigenvalue weighted by Gasteiger charge is 2.21. The minimum absolute atomic E-state index is 0.136. The summed E-state index contributed by atoms with van der Waals surface area (Å²) in [7, 11) is 0. The molecule has 1 unspecified atom stereocenters. The number of rotatable bonds is 3. The Morgan fingerprint density at radius 1 is 1.44 bits per heavy atom. The highest BCUT2D eigenvalue weighted by Crippen LogP contribution is 2.31. The van der Waals surface area contributed by atoms with E-state index < -0.39 is 0 Å². The van der Waals surface area contributed by atoms with Crippen LogP contribution in [-0.4, -0.2) is 14.5 Å². The van der Waals surface area contributed by atoms with Crippen molar-refractivity contribution < 1.29 is 0 Å². The van der Waals surface area contributed by atoms with Crippen molar-refractivity contribution in [3.05, 3.63) is 33.8 Å². The van der Waals surface area contributed by atoms with Gasteiger partial charge in [0, 0.05) is 11.4 Å². The molecule has 2 N–H and O–H groups in total. The monoisotopic (exact) mass is 262 g/mol. The second-order valence-electron chi connectivity index (χ2n) is 4.71. The molecular weight excluding hydrogens is 244 g/mol. The number of hydrogen-bond donors (Lipinski definition) is 1. The Bertz CT molecular complexity index is 519. The predicted octanol–water partition coefficient (Wildman–Crippen LogP) is 2.29. The first-order valence-electron chi connectivity index (χ1n) is 6.53. The summed E-state index contributed by atoms with van der Waals surface area (Å²) in [6, 6.07) is -0.136. The Balaban J connectivity index is 1.92. The van der Waals surface area contributed by atoms with Crippen LogP contribution in [0.25, 0.3) is 0 Å². The molecule has 3 rings (SSSR count). The van der Waals surface area contributed by atoms with Gasteiger partial charge in [0.2, 0.25) is 0 Å². The molecule has 2 aromatic rings. The van der Waals surface area contributed by atoms with Crippen molar-refractivity contribution in [3.63, 3.8) is 0 Å². The van der Waals surface area contributed by atoms with Crippen molar-refractivity contribution in [1.29, 1.82) is 0 Å². The van der Waals surface area contributed by atoms with Crippen molar-refractivity contribution in [2.75, 3.05) is 0 Å². The Kier molecular flexibility index (Phi) is 3.18. The molecule has 96 valence electrons. The fourth-order valence-electron chi connectivity index (χ4n) is 2.49. The topological polar surface area (TPSA) is 56.7 Å². The van der Waals surface area contributed by atoms with E-state index in [0.29, 0.717) is 0 Å². The summed E-state index contributed by atoms with van der Waals surface area (Å²) >= 11 is 1.78. The maximum atomic E-state index is 6.34. The molecule has 0 aromatic carbocycles. The zero-order chi connectivity index (χ0) is 12.5. The smallest absolute Gasteiger partial charge is 0.116 e. The number of nitrogens with two attached hydrogens (primary N) is 1. The van der Waals surface area contributed by atoms with Crippen LogP contribution in [0.15, 0.2) is 12.5 Å². The second kappa shape index (κ2) is 4.82. The number of thiazole rings is 1. The maximum absolute atomic E-state index is 6.34. The zero-order valence-electron chi connectivity index (χ0n) is 10.6. The van der Waals surface area contributed by atoms with E-state index in [-0.39, 0.29) is 6.04 Å². The third-order valence-corrected chi connectivity index (χ3v) is 4.77. The highest BCUT2D eigenvalue weighted by molar-refractivity contribution is 7.11. The van der Waals surface area contributed by atoms with Crippen molar-refractivity contribution in [2.24, 2.45) is 5.73 Å². The van der Waals surface area contributed by atoms with Crippen molar-refractivity contribution in [1.82, 2.24) is 14.5 Å². The molecule has 1 aliphatic carbocycles. The normalized spacial score (nSPS) is 16.6. The van der Waals surface area contributed by atoms with Crippen molar-refractivity contribution >= 4 is 11.3 Å². The summed E-state index contributed by atoms with van der Waals surface area (Å²) in [6.07, 6.45) is 8.53. The quantitative estimate of drug-likeness (QED) is 0.923. The Labute approximate surface area is 111 Å². The molecule has 4 nitrogen and oxygen atoms in total. The summed E-state index contributed by atoms with van der Waals surface area (Å²) in [5.41, 5.74) is 8.67. The first kappa shape index (κ1) is 11.9. The molecule has 0 radical (unpaired) electrons. The summed E-state index contributed by atoms with van der Waals surface area (Å²) in [4.78, 5) is 10.4. The van der Waals surface area contributed by atoms with Crippen LogP contribution in [0.3, 0.4) is 0 Å². The molecule has 1 atom stereocenters. The molecule has 0 fully saturated rings. The van der Waals surface area contributed by atoms with Crippen LogP contribution in [0, 0.1) is 0 Å². The molecule has 1 aliphatic rings. The molecule has 18 heavy (non-hydrogen) atoms. The number of aryl methyl sites for hydroxylation is 3. The van der Waals surface area contributed by atoms with Gasteiger partial charge in [-0.25, -0.2) is 9.97 Å². The molecule has 0 saturated carbocycles. The lowest BCUT2D eigenvalue weighted by molar-refractivity contribution is 0.661. The van der Waals surface area contributed by atoms with E-state index >= 15 is 0 Å². The average molecular weight is 262 g/mol. The summed E-state index contributed by atoms with van der Waals surface area (Å²) in [6.45, 7) is 3.00. The van der Waals surface area contributed by atoms with E-state index in [1.807, 2.05) is 12.5 Å². The molecule has 2 heterocycles. The van der Waals surface area contributed by atoms with E-state index in [1.54, 1.807) is 11.3 Å². The van der Waals surface area contributed by atoms with Gasteiger partial charge < -0.3 is 10.3 Å². The summed E-state index contributed by atoms with van der Waals surface area (Å²) in [5, 5.41) is 1.04. The van der Waals surface area contributed by atoms with Crippen LogP contribution < -0.4 is 5.73 Å². The standard InChI is InChI=1S/C13H18N4S/c1-2-17-8-15-7-10(17)12(14)13-16-9-5-3-4-6-11(9)18-13/h7-8,12H,2-6,14H2,1H3. The molecule has 0 spiro atoms. The van der Waals surface area contributed by atoms with E-state index in [4.69, 9.17) is 10.7 Å². The SMILES string of the molecule is CCn1cncc1C(N)c1nc2c(s1)CCCC2. The molecule has 0 bridgehead atoms. The van der Waals surface area contributed by atoms with Crippen LogP contribution in [0.1, 0.15) is 47.1 Å². The number of imidazole rings is 1. The van der Waals surface area contributed by atoms with Gasteiger partial charge in [-0.2, -0.15) is 0 Å². The summed E-state index contributed by atoms with van der Waals surface area (Å²) < 4.78 is 2.09. The van der Waals surface area contributed by atoms with Gasteiger partial charge in [0.05, 0.1) is 30.0 Å². The van der Waals surface area contributed by atoms with Gasteiger partial charge in [-0.15, -0.1) is 11.3 Å². The van der Waals surface area contributed by atoms with Crippen molar-refractivity contribution in [3.8, 4) is 0 Å². The minimum Gasteiger partial charge on any atom is -0.333 e. The van der Waals surface area contributed by atoms with Gasteiger partial charge in [0.1, 0.15) is 5.01 Å². The van der Waals surface area contributed by atoms with Crippen LogP contribution in [0.2, 0.25) is 0 Å².